The summed E-state index contributed by atoms with van der Waals surface area (Å²) >= 11 is 0. The topological polar surface area (TPSA) is 41.6 Å². The van der Waals surface area contributed by atoms with Crippen LogP contribution in [0.2, 0.25) is 0 Å². The van der Waals surface area contributed by atoms with E-state index in [0.29, 0.717) is 12.3 Å². The molecule has 1 amide bonds. The summed E-state index contributed by atoms with van der Waals surface area (Å²) < 4.78 is 5.52. The minimum Gasteiger partial charge on any atom is -0.484 e. The number of para-hydroxylation sites is 1. The van der Waals surface area contributed by atoms with Crippen LogP contribution < -0.4 is 10.1 Å². The fourth-order valence-electron chi connectivity index (χ4n) is 3.23. The molecule has 0 spiro atoms. The molecule has 0 unspecified atom stereocenters. The number of nitrogens with one attached hydrogen (secondary N) is 1. The predicted octanol–water partition coefficient (Wildman–Crippen LogP) is 3.33. The van der Waals surface area contributed by atoms with Crippen molar-refractivity contribution in [1.29, 1.82) is 0 Å². The molecule has 25 heavy (non-hydrogen) atoms. The lowest BCUT2D eigenvalue weighted by molar-refractivity contribution is -0.123. The minimum absolute atomic E-state index is 0.0463. The Morgan fingerprint density at radius 3 is 2.44 bits per heavy atom. The van der Waals surface area contributed by atoms with Gasteiger partial charge in [-0.25, -0.2) is 0 Å². The van der Waals surface area contributed by atoms with Gasteiger partial charge in [0.05, 0.1) is 6.04 Å². The summed E-state index contributed by atoms with van der Waals surface area (Å²) in [5.74, 6) is 0.632. The zero-order valence-electron chi connectivity index (χ0n) is 14.8. The molecular formula is C21H26N2O2. The molecule has 0 radical (unpaired) electrons. The summed E-state index contributed by atoms with van der Waals surface area (Å²) in [6.07, 6.45) is 2.46. The van der Waals surface area contributed by atoms with E-state index in [1.165, 1.54) is 24.0 Å². The molecule has 1 aliphatic heterocycles. The van der Waals surface area contributed by atoms with Crippen molar-refractivity contribution < 1.29 is 9.53 Å². The lowest BCUT2D eigenvalue weighted by Crippen LogP contribution is -2.38. The largest absolute Gasteiger partial charge is 0.484 e. The zero-order valence-corrected chi connectivity index (χ0v) is 14.8. The van der Waals surface area contributed by atoms with E-state index in [1.54, 1.807) is 0 Å². The molecule has 2 aromatic carbocycles. The van der Waals surface area contributed by atoms with Crippen molar-refractivity contribution in [3.05, 3.63) is 65.7 Å². The second-order valence-electron chi connectivity index (χ2n) is 6.58. The van der Waals surface area contributed by atoms with Gasteiger partial charge in [-0.05, 0) is 50.6 Å². The van der Waals surface area contributed by atoms with Crippen molar-refractivity contribution in [2.75, 3.05) is 26.2 Å². The van der Waals surface area contributed by atoms with Gasteiger partial charge in [0.1, 0.15) is 5.75 Å². The summed E-state index contributed by atoms with van der Waals surface area (Å²) in [6, 6.07) is 18.3. The van der Waals surface area contributed by atoms with Gasteiger partial charge in [0.25, 0.3) is 5.91 Å². The van der Waals surface area contributed by atoms with Crippen LogP contribution in [0.5, 0.6) is 5.75 Å². The van der Waals surface area contributed by atoms with Crippen LogP contribution >= 0.6 is 0 Å². The third-order valence-corrected chi connectivity index (χ3v) is 4.65. The molecule has 132 valence electrons. The van der Waals surface area contributed by atoms with Gasteiger partial charge in [0.15, 0.2) is 6.61 Å². The summed E-state index contributed by atoms with van der Waals surface area (Å²) in [5, 5.41) is 3.04. The van der Waals surface area contributed by atoms with Crippen LogP contribution in [0.1, 0.15) is 30.0 Å². The van der Waals surface area contributed by atoms with Gasteiger partial charge in [-0.15, -0.1) is 0 Å². The summed E-state index contributed by atoms with van der Waals surface area (Å²) in [7, 11) is 0. The van der Waals surface area contributed by atoms with Gasteiger partial charge in [0.2, 0.25) is 0 Å². The van der Waals surface area contributed by atoms with E-state index in [-0.39, 0.29) is 18.6 Å². The molecule has 1 heterocycles. The molecule has 0 aliphatic carbocycles. The first-order valence-electron chi connectivity index (χ1n) is 8.97. The molecule has 2 aromatic rings. The van der Waals surface area contributed by atoms with Gasteiger partial charge >= 0.3 is 0 Å². The quantitative estimate of drug-likeness (QED) is 0.842. The number of carbonyl (C=O) groups is 1. The SMILES string of the molecule is Cc1ccc([C@@H](CNC(=O)COc2ccccc2)N2CCCC2)cc1. The Labute approximate surface area is 149 Å². The van der Waals surface area contributed by atoms with E-state index in [0.717, 1.165) is 13.1 Å². The average Bonchev–Trinajstić information content (AvgIpc) is 3.17. The second-order valence-corrected chi connectivity index (χ2v) is 6.58. The van der Waals surface area contributed by atoms with Crippen LogP contribution in [0.4, 0.5) is 0 Å². The fraction of sp³-hybridized carbons (Fsp3) is 0.381. The zero-order chi connectivity index (χ0) is 17.5. The Balaban J connectivity index is 1.56. The maximum atomic E-state index is 12.2. The molecule has 0 bridgehead atoms. The third kappa shape index (κ3) is 5.07. The highest BCUT2D eigenvalue weighted by Crippen LogP contribution is 2.24. The Morgan fingerprint density at radius 1 is 1.08 bits per heavy atom. The highest BCUT2D eigenvalue weighted by atomic mass is 16.5. The van der Waals surface area contributed by atoms with E-state index in [4.69, 9.17) is 4.74 Å². The normalized spacial score (nSPS) is 15.7. The fourth-order valence-corrected chi connectivity index (χ4v) is 3.23. The summed E-state index contributed by atoms with van der Waals surface area (Å²) in [6.45, 7) is 4.94. The third-order valence-electron chi connectivity index (χ3n) is 4.65. The number of ether oxygens (including phenoxy) is 1. The number of nitrogens with zero attached hydrogens (tertiary/aromatic N) is 1. The molecule has 4 nitrogen and oxygen atoms in total. The lowest BCUT2D eigenvalue weighted by atomic mass is 10.0. The van der Waals surface area contributed by atoms with Crippen molar-refractivity contribution in [2.45, 2.75) is 25.8 Å². The van der Waals surface area contributed by atoms with Gasteiger partial charge in [-0.2, -0.15) is 0 Å². The van der Waals surface area contributed by atoms with Crippen molar-refractivity contribution in [3.63, 3.8) is 0 Å². The van der Waals surface area contributed by atoms with E-state index in [9.17, 15) is 4.79 Å². The standard InChI is InChI=1S/C21H26N2O2/c1-17-9-11-18(12-10-17)20(23-13-5-6-14-23)15-22-21(24)16-25-19-7-3-2-4-8-19/h2-4,7-12,20H,5-6,13-16H2,1H3,(H,22,24)/t20-/m1/s1. The number of hydrogen-bond donors (Lipinski definition) is 1. The van der Waals surface area contributed by atoms with E-state index in [2.05, 4.69) is 41.4 Å². The molecule has 0 aromatic heterocycles. The van der Waals surface area contributed by atoms with Crippen molar-refractivity contribution in [3.8, 4) is 5.75 Å². The molecule has 0 saturated carbocycles. The molecule has 1 fully saturated rings. The van der Waals surface area contributed by atoms with Crippen molar-refractivity contribution in [2.24, 2.45) is 0 Å². The van der Waals surface area contributed by atoms with Gasteiger partial charge in [-0.3, -0.25) is 9.69 Å². The highest BCUT2D eigenvalue weighted by Gasteiger charge is 2.23. The number of rotatable bonds is 7. The maximum Gasteiger partial charge on any atom is 0.258 e. The number of benzene rings is 2. The monoisotopic (exact) mass is 338 g/mol. The first kappa shape index (κ1) is 17.5. The van der Waals surface area contributed by atoms with Crippen LogP contribution in [-0.2, 0) is 4.79 Å². The molecule has 1 aliphatic rings. The minimum atomic E-state index is -0.0832. The van der Waals surface area contributed by atoms with Crippen LogP contribution in [0.15, 0.2) is 54.6 Å². The molecule has 3 rings (SSSR count). The Kier molecular flexibility index (Phi) is 6.07. The maximum absolute atomic E-state index is 12.2. The van der Waals surface area contributed by atoms with Crippen LogP contribution in [0.3, 0.4) is 0 Å². The van der Waals surface area contributed by atoms with E-state index >= 15 is 0 Å². The average molecular weight is 338 g/mol. The smallest absolute Gasteiger partial charge is 0.258 e. The molecule has 1 N–H and O–H groups in total. The Hall–Kier alpha value is -2.33. The summed E-state index contributed by atoms with van der Waals surface area (Å²) in [4.78, 5) is 14.6. The van der Waals surface area contributed by atoms with E-state index in [1.807, 2.05) is 30.3 Å². The van der Waals surface area contributed by atoms with Gasteiger partial charge in [-0.1, -0.05) is 48.0 Å². The Bertz CT molecular complexity index is 664. The summed E-state index contributed by atoms with van der Waals surface area (Å²) in [5.41, 5.74) is 2.51. The number of amides is 1. The van der Waals surface area contributed by atoms with Crippen molar-refractivity contribution in [1.82, 2.24) is 10.2 Å². The molecule has 4 heteroatoms. The first-order chi connectivity index (χ1) is 12.2. The van der Waals surface area contributed by atoms with Gasteiger partial charge in [0, 0.05) is 6.54 Å². The van der Waals surface area contributed by atoms with Crippen LogP contribution in [-0.4, -0.2) is 37.0 Å². The second kappa shape index (κ2) is 8.67. The number of aryl methyl sites for hydroxylation is 1. The molecular weight excluding hydrogens is 312 g/mol. The number of hydrogen-bond acceptors (Lipinski definition) is 3. The van der Waals surface area contributed by atoms with Crippen LogP contribution in [0, 0.1) is 6.92 Å². The Morgan fingerprint density at radius 2 is 1.76 bits per heavy atom. The predicted molar refractivity (Wildman–Crippen MR) is 99.7 cm³/mol. The first-order valence-corrected chi connectivity index (χ1v) is 8.97. The molecule has 1 saturated heterocycles. The van der Waals surface area contributed by atoms with Crippen molar-refractivity contribution >= 4 is 5.91 Å². The lowest BCUT2D eigenvalue weighted by Gasteiger charge is -2.28. The van der Waals surface area contributed by atoms with Crippen LogP contribution in [0.25, 0.3) is 0 Å². The van der Waals surface area contributed by atoms with Gasteiger partial charge < -0.3 is 10.1 Å². The highest BCUT2D eigenvalue weighted by molar-refractivity contribution is 5.77. The molecule has 1 atom stereocenters. The van der Waals surface area contributed by atoms with E-state index < -0.39 is 0 Å². The number of likely N-dealkylation sites (tertiary alicyclic amines) is 1. The number of carbonyl (C=O) groups excluding carboxylic acids is 1.